The first kappa shape index (κ1) is 8.36. The lowest BCUT2D eigenvalue weighted by Gasteiger charge is -2.08. The number of fused-ring (bicyclic) bond motifs is 1. The van der Waals surface area contributed by atoms with Gasteiger partial charge in [0.25, 0.3) is 0 Å². The summed E-state index contributed by atoms with van der Waals surface area (Å²) in [6.07, 6.45) is 6.15. The van der Waals surface area contributed by atoms with E-state index in [0.29, 0.717) is 5.75 Å². The Hall–Kier alpha value is -1.24. The molecule has 0 heterocycles. The number of allylic oxidation sites excluding steroid dienone is 1. The molecule has 0 atom stereocenters. The smallest absolute Gasteiger partial charge is 0.119 e. The van der Waals surface area contributed by atoms with Crippen molar-refractivity contribution in [2.45, 2.75) is 25.7 Å². The maximum absolute atomic E-state index is 9.66. The van der Waals surface area contributed by atoms with E-state index in [0.717, 1.165) is 18.4 Å². The molecule has 13 heavy (non-hydrogen) atoms. The number of phenols is 1. The van der Waals surface area contributed by atoms with Crippen molar-refractivity contribution in [1.29, 1.82) is 0 Å². The lowest BCUT2D eigenvalue weighted by Crippen LogP contribution is -1.92. The Morgan fingerprint density at radius 1 is 1.38 bits per heavy atom. The van der Waals surface area contributed by atoms with E-state index in [4.69, 9.17) is 0 Å². The van der Waals surface area contributed by atoms with Crippen LogP contribution < -0.4 is 0 Å². The van der Waals surface area contributed by atoms with Crippen LogP contribution in [0.5, 0.6) is 5.75 Å². The molecule has 1 nitrogen and oxygen atoms in total. The van der Waals surface area contributed by atoms with Crippen LogP contribution in [-0.2, 0) is 19.3 Å². The minimum atomic E-state index is 0.431. The van der Waals surface area contributed by atoms with Crippen LogP contribution in [-0.4, -0.2) is 5.11 Å². The van der Waals surface area contributed by atoms with E-state index >= 15 is 0 Å². The second-order valence-electron chi connectivity index (χ2n) is 3.55. The van der Waals surface area contributed by atoms with E-state index in [9.17, 15) is 5.11 Å². The van der Waals surface area contributed by atoms with Crippen LogP contribution in [0.2, 0.25) is 0 Å². The highest BCUT2D eigenvalue weighted by molar-refractivity contribution is 5.47. The van der Waals surface area contributed by atoms with Crippen molar-refractivity contribution in [3.8, 4) is 5.75 Å². The van der Waals surface area contributed by atoms with E-state index in [1.165, 1.54) is 24.0 Å². The summed E-state index contributed by atoms with van der Waals surface area (Å²) in [5, 5.41) is 9.66. The van der Waals surface area contributed by atoms with Crippen LogP contribution in [0.4, 0.5) is 0 Å². The van der Waals surface area contributed by atoms with Crippen molar-refractivity contribution < 1.29 is 5.11 Å². The zero-order valence-corrected chi connectivity index (χ0v) is 7.71. The van der Waals surface area contributed by atoms with Gasteiger partial charge in [0.1, 0.15) is 5.75 Å². The van der Waals surface area contributed by atoms with Crippen molar-refractivity contribution in [2.75, 3.05) is 0 Å². The van der Waals surface area contributed by atoms with Gasteiger partial charge in [0.2, 0.25) is 0 Å². The lowest BCUT2D eigenvalue weighted by molar-refractivity contribution is 0.469. The molecule has 0 aliphatic heterocycles. The Bertz CT molecular complexity index is 339. The van der Waals surface area contributed by atoms with Crippen molar-refractivity contribution in [3.63, 3.8) is 0 Å². The second kappa shape index (κ2) is 3.25. The highest BCUT2D eigenvalue weighted by Gasteiger charge is 2.16. The standard InChI is InChI=1S/C12H14O/c1-2-4-11-10-6-3-5-9(10)7-8-12(11)13/h2,7-8,13H,1,3-6H2. The maximum Gasteiger partial charge on any atom is 0.119 e. The van der Waals surface area contributed by atoms with Gasteiger partial charge in [0.05, 0.1) is 0 Å². The fourth-order valence-corrected chi connectivity index (χ4v) is 2.10. The van der Waals surface area contributed by atoms with Crippen LogP contribution in [0.25, 0.3) is 0 Å². The molecule has 1 aliphatic carbocycles. The fourth-order valence-electron chi connectivity index (χ4n) is 2.10. The molecule has 0 spiro atoms. The summed E-state index contributed by atoms with van der Waals surface area (Å²) in [6, 6.07) is 3.85. The molecule has 2 rings (SSSR count). The fraction of sp³-hybridized carbons (Fsp3) is 0.333. The number of hydrogen-bond donors (Lipinski definition) is 1. The number of aryl methyl sites for hydroxylation is 1. The number of aromatic hydroxyl groups is 1. The number of benzene rings is 1. The summed E-state index contributed by atoms with van der Waals surface area (Å²) in [7, 11) is 0. The van der Waals surface area contributed by atoms with E-state index < -0.39 is 0 Å². The normalized spacial score (nSPS) is 14.2. The van der Waals surface area contributed by atoms with E-state index in [1.807, 2.05) is 18.2 Å². The average molecular weight is 174 g/mol. The van der Waals surface area contributed by atoms with Crippen LogP contribution in [0.1, 0.15) is 23.1 Å². The van der Waals surface area contributed by atoms with Crippen molar-refractivity contribution >= 4 is 0 Å². The van der Waals surface area contributed by atoms with E-state index in [2.05, 4.69) is 6.58 Å². The summed E-state index contributed by atoms with van der Waals surface area (Å²) >= 11 is 0. The largest absolute Gasteiger partial charge is 0.508 e. The molecule has 0 saturated carbocycles. The third kappa shape index (κ3) is 1.35. The topological polar surface area (TPSA) is 20.2 Å². The summed E-state index contributed by atoms with van der Waals surface area (Å²) in [5.74, 6) is 0.431. The van der Waals surface area contributed by atoms with Crippen molar-refractivity contribution in [1.82, 2.24) is 0 Å². The molecule has 0 unspecified atom stereocenters. The molecule has 0 amide bonds. The molecule has 0 aromatic heterocycles. The van der Waals surface area contributed by atoms with Crippen molar-refractivity contribution in [2.24, 2.45) is 0 Å². The highest BCUT2D eigenvalue weighted by atomic mass is 16.3. The molecule has 1 N–H and O–H groups in total. The Morgan fingerprint density at radius 2 is 2.23 bits per heavy atom. The van der Waals surface area contributed by atoms with Crippen LogP contribution in [0.15, 0.2) is 24.8 Å². The Kier molecular flexibility index (Phi) is 2.09. The zero-order chi connectivity index (χ0) is 9.26. The second-order valence-corrected chi connectivity index (χ2v) is 3.55. The van der Waals surface area contributed by atoms with Gasteiger partial charge in [0.15, 0.2) is 0 Å². The molecule has 0 bridgehead atoms. The first-order valence-electron chi connectivity index (χ1n) is 4.76. The highest BCUT2D eigenvalue weighted by Crippen LogP contribution is 2.31. The predicted molar refractivity (Wildman–Crippen MR) is 54.0 cm³/mol. The molecular formula is C12H14O. The monoisotopic (exact) mass is 174 g/mol. The van der Waals surface area contributed by atoms with E-state index in [-0.39, 0.29) is 0 Å². The summed E-state index contributed by atoms with van der Waals surface area (Å²) in [6.45, 7) is 3.71. The SMILES string of the molecule is C=CCc1c(O)ccc2c1CCC2. The minimum Gasteiger partial charge on any atom is -0.508 e. The molecule has 0 saturated heterocycles. The minimum absolute atomic E-state index is 0.431. The molecule has 68 valence electrons. The summed E-state index contributed by atoms with van der Waals surface area (Å²) in [4.78, 5) is 0. The number of rotatable bonds is 2. The predicted octanol–water partition coefficient (Wildman–Crippen LogP) is 2.61. The van der Waals surface area contributed by atoms with Gasteiger partial charge in [-0.1, -0.05) is 12.1 Å². The quantitative estimate of drug-likeness (QED) is 0.683. The molecule has 1 aliphatic rings. The third-order valence-electron chi connectivity index (χ3n) is 2.72. The molecule has 0 fully saturated rings. The van der Waals surface area contributed by atoms with Gasteiger partial charge in [-0.25, -0.2) is 0 Å². The Balaban J connectivity index is 2.51. The Labute approximate surface area is 78.7 Å². The Morgan fingerprint density at radius 3 is 3.00 bits per heavy atom. The van der Waals surface area contributed by atoms with Gasteiger partial charge in [-0.2, -0.15) is 0 Å². The van der Waals surface area contributed by atoms with Gasteiger partial charge in [-0.3, -0.25) is 0 Å². The maximum atomic E-state index is 9.66. The van der Waals surface area contributed by atoms with Gasteiger partial charge in [0, 0.05) is 5.56 Å². The van der Waals surface area contributed by atoms with Crippen LogP contribution in [0, 0.1) is 0 Å². The zero-order valence-electron chi connectivity index (χ0n) is 7.71. The molecular weight excluding hydrogens is 160 g/mol. The summed E-state index contributed by atoms with van der Waals surface area (Å²) in [5.41, 5.74) is 3.86. The molecule has 1 aromatic rings. The average Bonchev–Trinajstić information content (AvgIpc) is 2.58. The molecule has 0 radical (unpaired) electrons. The van der Waals surface area contributed by atoms with Gasteiger partial charge in [-0.15, -0.1) is 6.58 Å². The third-order valence-corrected chi connectivity index (χ3v) is 2.72. The first-order chi connectivity index (χ1) is 6.33. The van der Waals surface area contributed by atoms with Crippen LogP contribution in [0.3, 0.4) is 0 Å². The number of phenolic OH excluding ortho intramolecular Hbond substituents is 1. The van der Waals surface area contributed by atoms with Crippen LogP contribution >= 0.6 is 0 Å². The van der Waals surface area contributed by atoms with Crippen molar-refractivity contribution in [3.05, 3.63) is 41.5 Å². The lowest BCUT2D eigenvalue weighted by atomic mass is 10.00. The number of hydrogen-bond acceptors (Lipinski definition) is 1. The van der Waals surface area contributed by atoms with E-state index in [1.54, 1.807) is 0 Å². The van der Waals surface area contributed by atoms with Gasteiger partial charge < -0.3 is 5.11 Å². The van der Waals surface area contributed by atoms with Gasteiger partial charge >= 0.3 is 0 Å². The first-order valence-corrected chi connectivity index (χ1v) is 4.76. The van der Waals surface area contributed by atoms with Gasteiger partial charge in [-0.05, 0) is 42.9 Å². The molecule has 1 heteroatoms. The molecule has 1 aromatic carbocycles. The summed E-state index contributed by atoms with van der Waals surface area (Å²) < 4.78 is 0.